The number of benzene rings is 1. The molecule has 0 saturated carbocycles. The number of rotatable bonds is 6. The number of hydrogen-bond donors (Lipinski definition) is 2. The SMILES string of the molecule is CNc1cc(CN(C)CC(=O)N2CCCc3ccccc32)nc(C2CCCNC2)n1. The molecule has 0 radical (unpaired) electrons. The highest BCUT2D eigenvalue weighted by Crippen LogP contribution is 2.27. The van der Waals surface area contributed by atoms with Crippen LogP contribution in [0.25, 0.3) is 0 Å². The van der Waals surface area contributed by atoms with E-state index in [1.54, 1.807) is 0 Å². The van der Waals surface area contributed by atoms with Gasteiger partial charge in [-0.1, -0.05) is 18.2 Å². The van der Waals surface area contributed by atoms with Gasteiger partial charge in [-0.2, -0.15) is 0 Å². The molecule has 3 heterocycles. The van der Waals surface area contributed by atoms with Crippen molar-refractivity contribution in [3.63, 3.8) is 0 Å². The van der Waals surface area contributed by atoms with Crippen LogP contribution in [-0.2, 0) is 17.8 Å². The van der Waals surface area contributed by atoms with E-state index in [-0.39, 0.29) is 5.91 Å². The number of likely N-dealkylation sites (N-methyl/N-ethyl adjacent to an activating group) is 1. The topological polar surface area (TPSA) is 73.4 Å². The summed E-state index contributed by atoms with van der Waals surface area (Å²) in [5.41, 5.74) is 3.28. The van der Waals surface area contributed by atoms with E-state index in [0.717, 1.165) is 68.3 Å². The van der Waals surface area contributed by atoms with Crippen molar-refractivity contribution in [3.05, 3.63) is 47.4 Å². The molecule has 0 aliphatic carbocycles. The molecule has 30 heavy (non-hydrogen) atoms. The smallest absolute Gasteiger partial charge is 0.241 e. The van der Waals surface area contributed by atoms with E-state index in [4.69, 9.17) is 4.98 Å². The van der Waals surface area contributed by atoms with Gasteiger partial charge in [0.2, 0.25) is 5.91 Å². The Bertz CT molecular complexity index is 880. The van der Waals surface area contributed by atoms with Crippen LogP contribution in [0.4, 0.5) is 11.5 Å². The van der Waals surface area contributed by atoms with Crippen LogP contribution in [0.15, 0.2) is 30.3 Å². The molecule has 1 amide bonds. The number of amides is 1. The Morgan fingerprint density at radius 2 is 2.17 bits per heavy atom. The minimum Gasteiger partial charge on any atom is -0.373 e. The molecule has 0 bridgehead atoms. The monoisotopic (exact) mass is 408 g/mol. The predicted molar refractivity (Wildman–Crippen MR) is 120 cm³/mol. The number of para-hydroxylation sites is 1. The normalized spacial score (nSPS) is 18.9. The molecule has 1 atom stereocenters. The van der Waals surface area contributed by atoms with Gasteiger partial charge in [0, 0.05) is 44.4 Å². The molecule has 1 aromatic carbocycles. The zero-order chi connectivity index (χ0) is 20.9. The maximum Gasteiger partial charge on any atom is 0.241 e. The highest BCUT2D eigenvalue weighted by Gasteiger charge is 2.24. The highest BCUT2D eigenvalue weighted by molar-refractivity contribution is 5.95. The van der Waals surface area contributed by atoms with E-state index in [1.165, 1.54) is 5.56 Å². The molecule has 0 spiro atoms. The quantitative estimate of drug-likeness (QED) is 0.765. The van der Waals surface area contributed by atoms with Crippen molar-refractivity contribution in [2.45, 2.75) is 38.1 Å². The van der Waals surface area contributed by atoms with Crippen molar-refractivity contribution >= 4 is 17.4 Å². The largest absolute Gasteiger partial charge is 0.373 e. The van der Waals surface area contributed by atoms with Crippen LogP contribution in [0.5, 0.6) is 0 Å². The molecular formula is C23H32N6O. The Kier molecular flexibility index (Phi) is 6.59. The number of piperidine rings is 1. The minimum atomic E-state index is 0.143. The Balaban J connectivity index is 1.44. The van der Waals surface area contributed by atoms with Crippen LogP contribution in [0, 0.1) is 0 Å². The van der Waals surface area contributed by atoms with Gasteiger partial charge >= 0.3 is 0 Å². The fourth-order valence-electron chi connectivity index (χ4n) is 4.42. The summed E-state index contributed by atoms with van der Waals surface area (Å²) < 4.78 is 0. The van der Waals surface area contributed by atoms with Crippen molar-refractivity contribution in [1.82, 2.24) is 20.2 Å². The van der Waals surface area contributed by atoms with E-state index in [1.807, 2.05) is 42.1 Å². The van der Waals surface area contributed by atoms with E-state index in [2.05, 4.69) is 27.8 Å². The maximum absolute atomic E-state index is 13.0. The number of aromatic nitrogens is 2. The van der Waals surface area contributed by atoms with Gasteiger partial charge in [-0.25, -0.2) is 9.97 Å². The average molecular weight is 409 g/mol. The summed E-state index contributed by atoms with van der Waals surface area (Å²) in [5.74, 6) is 2.23. The second-order valence-electron chi connectivity index (χ2n) is 8.35. The molecule has 1 saturated heterocycles. The average Bonchev–Trinajstić information content (AvgIpc) is 2.78. The zero-order valence-corrected chi connectivity index (χ0v) is 18.0. The summed E-state index contributed by atoms with van der Waals surface area (Å²) >= 11 is 0. The molecule has 2 aliphatic rings. The van der Waals surface area contributed by atoms with Crippen molar-refractivity contribution in [2.75, 3.05) is 50.5 Å². The molecule has 1 aromatic heterocycles. The van der Waals surface area contributed by atoms with Crippen molar-refractivity contribution < 1.29 is 4.79 Å². The summed E-state index contributed by atoms with van der Waals surface area (Å²) in [6, 6.07) is 10.2. The van der Waals surface area contributed by atoms with Gasteiger partial charge in [-0.3, -0.25) is 9.69 Å². The first-order valence-electron chi connectivity index (χ1n) is 11.0. The molecule has 4 rings (SSSR count). The van der Waals surface area contributed by atoms with E-state index >= 15 is 0 Å². The van der Waals surface area contributed by atoms with Crippen LogP contribution >= 0.6 is 0 Å². The highest BCUT2D eigenvalue weighted by atomic mass is 16.2. The Morgan fingerprint density at radius 3 is 2.97 bits per heavy atom. The van der Waals surface area contributed by atoms with Crippen molar-refractivity contribution in [2.24, 2.45) is 0 Å². The van der Waals surface area contributed by atoms with Gasteiger partial charge in [0.1, 0.15) is 11.6 Å². The lowest BCUT2D eigenvalue weighted by Gasteiger charge is -2.31. The first-order chi connectivity index (χ1) is 14.6. The van der Waals surface area contributed by atoms with Gasteiger partial charge in [-0.15, -0.1) is 0 Å². The summed E-state index contributed by atoms with van der Waals surface area (Å²) in [4.78, 5) is 26.5. The fraction of sp³-hybridized carbons (Fsp3) is 0.522. The van der Waals surface area contributed by atoms with Gasteiger partial charge in [-0.05, 0) is 50.9 Å². The van der Waals surface area contributed by atoms with E-state index < -0.39 is 0 Å². The number of carbonyl (C=O) groups is 1. The number of nitrogens with one attached hydrogen (secondary N) is 2. The third kappa shape index (κ3) is 4.79. The van der Waals surface area contributed by atoms with Crippen molar-refractivity contribution in [1.29, 1.82) is 0 Å². The first kappa shape index (κ1) is 20.8. The van der Waals surface area contributed by atoms with Gasteiger partial charge in [0.05, 0.1) is 12.2 Å². The van der Waals surface area contributed by atoms with Gasteiger partial charge in [0.15, 0.2) is 0 Å². The Morgan fingerprint density at radius 1 is 1.30 bits per heavy atom. The Labute approximate surface area is 178 Å². The lowest BCUT2D eigenvalue weighted by atomic mass is 9.99. The lowest BCUT2D eigenvalue weighted by Crippen LogP contribution is -2.41. The van der Waals surface area contributed by atoms with Crippen LogP contribution in [0.1, 0.15) is 42.3 Å². The molecule has 2 aliphatic heterocycles. The molecule has 1 unspecified atom stereocenters. The summed E-state index contributed by atoms with van der Waals surface area (Å²) in [5, 5.41) is 6.60. The number of hydrogen-bond acceptors (Lipinski definition) is 6. The molecule has 160 valence electrons. The predicted octanol–water partition coefficient (Wildman–Crippen LogP) is 2.40. The van der Waals surface area contributed by atoms with Crippen LogP contribution in [0.2, 0.25) is 0 Å². The summed E-state index contributed by atoms with van der Waals surface area (Å²) in [6.07, 6.45) is 4.33. The van der Waals surface area contributed by atoms with Crippen LogP contribution in [-0.4, -0.2) is 61.0 Å². The van der Waals surface area contributed by atoms with Gasteiger partial charge in [0.25, 0.3) is 0 Å². The van der Waals surface area contributed by atoms with Crippen molar-refractivity contribution in [3.8, 4) is 0 Å². The maximum atomic E-state index is 13.0. The lowest BCUT2D eigenvalue weighted by molar-refractivity contribution is -0.119. The molecule has 1 fully saturated rings. The molecular weight excluding hydrogens is 376 g/mol. The molecule has 2 aromatic rings. The van der Waals surface area contributed by atoms with E-state index in [9.17, 15) is 4.79 Å². The number of fused-ring (bicyclic) bond motifs is 1. The number of anilines is 2. The molecule has 7 heteroatoms. The molecule has 7 nitrogen and oxygen atoms in total. The van der Waals surface area contributed by atoms with E-state index in [0.29, 0.717) is 19.0 Å². The first-order valence-corrected chi connectivity index (χ1v) is 11.0. The second-order valence-corrected chi connectivity index (χ2v) is 8.35. The third-order valence-electron chi connectivity index (χ3n) is 5.96. The summed E-state index contributed by atoms with van der Waals surface area (Å²) in [6.45, 7) is 3.77. The fourth-order valence-corrected chi connectivity index (χ4v) is 4.42. The van der Waals surface area contributed by atoms with Crippen LogP contribution < -0.4 is 15.5 Å². The van der Waals surface area contributed by atoms with Crippen LogP contribution in [0.3, 0.4) is 0 Å². The minimum absolute atomic E-state index is 0.143. The van der Waals surface area contributed by atoms with Gasteiger partial charge < -0.3 is 15.5 Å². The number of nitrogens with zero attached hydrogens (tertiary/aromatic N) is 4. The molecule has 2 N–H and O–H groups in total. The second kappa shape index (κ2) is 9.53. The zero-order valence-electron chi connectivity index (χ0n) is 18.0. The standard InChI is InChI=1S/C23H32N6O/c1-24-21-13-19(26-23(27-21)18-8-5-11-25-14-18)15-28(2)16-22(30)29-12-6-9-17-7-3-4-10-20(17)29/h3-4,7,10,13,18,25H,5-6,8-9,11-12,14-16H2,1-2H3,(H,24,26,27). The summed E-state index contributed by atoms with van der Waals surface area (Å²) in [7, 11) is 3.87. The number of carbonyl (C=O) groups excluding carboxylic acids is 1. The third-order valence-corrected chi connectivity index (χ3v) is 5.96. The Hall–Kier alpha value is -2.51. The number of aryl methyl sites for hydroxylation is 1.